The molecule has 4 heteroatoms. The fourth-order valence-corrected chi connectivity index (χ4v) is 0.574. The standard InChI is InChI=1S/C7H6O2.C3H9N.Cu/c8-7(9)6-4-2-1-3-5-6;1-2-3-4;/h1-5H,(H,8,9);2-4H2,1H3;/q;;+1/p-1. The number of carboxylic acids is 1. The largest absolute Gasteiger partial charge is 1.00 e. The SMILES string of the molecule is CCCN.O=C([O-])c1ccccc1.[Cu+]. The van der Waals surface area contributed by atoms with Crippen LogP contribution in [0.5, 0.6) is 0 Å². The molecule has 0 radical (unpaired) electrons. The van der Waals surface area contributed by atoms with E-state index in [9.17, 15) is 9.90 Å². The maximum Gasteiger partial charge on any atom is 1.00 e. The minimum atomic E-state index is -1.13. The van der Waals surface area contributed by atoms with E-state index in [2.05, 4.69) is 6.92 Å². The third-order valence-electron chi connectivity index (χ3n) is 1.30. The normalized spacial score (nSPS) is 7.86. The number of hydrogen-bond acceptors (Lipinski definition) is 3. The molecule has 0 atom stereocenters. The second-order valence-electron chi connectivity index (χ2n) is 2.44. The van der Waals surface area contributed by atoms with Gasteiger partial charge in [-0.05, 0) is 18.5 Å². The van der Waals surface area contributed by atoms with Crippen molar-refractivity contribution in [1.29, 1.82) is 0 Å². The van der Waals surface area contributed by atoms with E-state index in [1.54, 1.807) is 18.2 Å². The van der Waals surface area contributed by atoms with Gasteiger partial charge in [0.05, 0.1) is 5.97 Å². The van der Waals surface area contributed by atoms with Crippen molar-refractivity contribution in [3.8, 4) is 0 Å². The van der Waals surface area contributed by atoms with E-state index >= 15 is 0 Å². The van der Waals surface area contributed by atoms with Gasteiger partial charge in [0.1, 0.15) is 0 Å². The first-order valence-electron chi connectivity index (χ1n) is 4.18. The molecule has 1 aromatic carbocycles. The fraction of sp³-hybridized carbons (Fsp3) is 0.300. The van der Waals surface area contributed by atoms with Gasteiger partial charge in [0, 0.05) is 0 Å². The van der Waals surface area contributed by atoms with Gasteiger partial charge >= 0.3 is 17.1 Å². The molecule has 1 rings (SSSR count). The summed E-state index contributed by atoms with van der Waals surface area (Å²) < 4.78 is 0. The van der Waals surface area contributed by atoms with Crippen LogP contribution in [0.3, 0.4) is 0 Å². The first kappa shape index (κ1) is 15.6. The van der Waals surface area contributed by atoms with Crippen LogP contribution in [-0.4, -0.2) is 12.5 Å². The number of carboxylic acid groups (broad SMARTS) is 1. The van der Waals surface area contributed by atoms with Crippen LogP contribution in [0.25, 0.3) is 0 Å². The molecule has 14 heavy (non-hydrogen) atoms. The molecule has 0 saturated heterocycles. The van der Waals surface area contributed by atoms with Gasteiger partial charge in [0.25, 0.3) is 0 Å². The monoisotopic (exact) mass is 243 g/mol. The second-order valence-corrected chi connectivity index (χ2v) is 2.44. The van der Waals surface area contributed by atoms with E-state index in [0.29, 0.717) is 0 Å². The molecule has 0 aliphatic rings. The van der Waals surface area contributed by atoms with Crippen molar-refractivity contribution < 1.29 is 27.0 Å². The van der Waals surface area contributed by atoms with E-state index in [1.165, 1.54) is 12.1 Å². The molecule has 0 aliphatic carbocycles. The van der Waals surface area contributed by atoms with Gasteiger partial charge in [-0.15, -0.1) is 0 Å². The van der Waals surface area contributed by atoms with Gasteiger partial charge in [0.15, 0.2) is 0 Å². The number of nitrogens with two attached hydrogens (primary N) is 1. The van der Waals surface area contributed by atoms with Crippen molar-refractivity contribution >= 4 is 5.97 Å². The minimum Gasteiger partial charge on any atom is -0.545 e. The summed E-state index contributed by atoms with van der Waals surface area (Å²) in [4.78, 5) is 10.1. The topological polar surface area (TPSA) is 66.2 Å². The minimum absolute atomic E-state index is 0. The number of rotatable bonds is 2. The number of carbonyl (C=O) groups is 1. The predicted octanol–water partition coefficient (Wildman–Crippen LogP) is 0.403. The van der Waals surface area contributed by atoms with Gasteiger partial charge in [-0.2, -0.15) is 0 Å². The Bertz CT molecular complexity index is 237. The molecule has 0 heterocycles. The average molecular weight is 244 g/mol. The Kier molecular flexibility index (Phi) is 11.4. The van der Waals surface area contributed by atoms with Crippen molar-refractivity contribution in [3.63, 3.8) is 0 Å². The first-order chi connectivity index (χ1) is 6.22. The predicted molar refractivity (Wildman–Crippen MR) is 50.1 cm³/mol. The quantitative estimate of drug-likeness (QED) is 0.765. The van der Waals surface area contributed by atoms with Crippen molar-refractivity contribution in [1.82, 2.24) is 0 Å². The first-order valence-corrected chi connectivity index (χ1v) is 4.18. The third-order valence-corrected chi connectivity index (χ3v) is 1.30. The summed E-state index contributed by atoms with van der Waals surface area (Å²) in [5.74, 6) is -1.13. The molecular formula is C10H14CuNO2. The van der Waals surface area contributed by atoms with Crippen LogP contribution in [0.4, 0.5) is 0 Å². The summed E-state index contributed by atoms with van der Waals surface area (Å²) in [5.41, 5.74) is 5.25. The van der Waals surface area contributed by atoms with Crippen molar-refractivity contribution in [3.05, 3.63) is 35.9 Å². The molecule has 0 aromatic heterocycles. The van der Waals surface area contributed by atoms with Crippen LogP contribution in [0.2, 0.25) is 0 Å². The summed E-state index contributed by atoms with van der Waals surface area (Å²) in [5, 5.41) is 10.1. The van der Waals surface area contributed by atoms with Crippen molar-refractivity contribution in [2.75, 3.05) is 6.54 Å². The van der Waals surface area contributed by atoms with Crippen molar-refractivity contribution in [2.45, 2.75) is 13.3 Å². The van der Waals surface area contributed by atoms with E-state index in [-0.39, 0.29) is 22.6 Å². The molecule has 0 fully saturated rings. The van der Waals surface area contributed by atoms with Crippen LogP contribution in [-0.2, 0) is 17.1 Å². The van der Waals surface area contributed by atoms with Gasteiger partial charge in [-0.1, -0.05) is 37.3 Å². The molecule has 82 valence electrons. The Morgan fingerprint density at radius 2 is 1.79 bits per heavy atom. The number of benzene rings is 1. The maximum absolute atomic E-state index is 10.1. The fourth-order valence-electron chi connectivity index (χ4n) is 0.574. The molecular weight excluding hydrogens is 230 g/mol. The van der Waals surface area contributed by atoms with E-state index in [1.807, 2.05) is 0 Å². The van der Waals surface area contributed by atoms with Crippen LogP contribution < -0.4 is 10.8 Å². The number of hydrogen-bond donors (Lipinski definition) is 1. The zero-order valence-electron chi connectivity index (χ0n) is 8.00. The number of aromatic carboxylic acids is 1. The van der Waals surface area contributed by atoms with Crippen LogP contribution in [0, 0.1) is 0 Å². The Hall–Kier alpha value is -0.831. The zero-order valence-corrected chi connectivity index (χ0v) is 8.94. The average Bonchev–Trinajstić information content (AvgIpc) is 2.19. The summed E-state index contributed by atoms with van der Waals surface area (Å²) in [6.45, 7) is 2.88. The Morgan fingerprint density at radius 1 is 1.36 bits per heavy atom. The molecule has 0 amide bonds. The molecule has 2 N–H and O–H groups in total. The summed E-state index contributed by atoms with van der Waals surface area (Å²) in [6, 6.07) is 8.06. The molecule has 0 spiro atoms. The summed E-state index contributed by atoms with van der Waals surface area (Å²) >= 11 is 0. The molecule has 3 nitrogen and oxygen atoms in total. The van der Waals surface area contributed by atoms with E-state index in [4.69, 9.17) is 5.73 Å². The maximum atomic E-state index is 10.1. The summed E-state index contributed by atoms with van der Waals surface area (Å²) in [6.07, 6.45) is 1.10. The van der Waals surface area contributed by atoms with Gasteiger partial charge in [-0.3, -0.25) is 0 Å². The zero-order chi connectivity index (χ0) is 10.1. The third kappa shape index (κ3) is 7.80. The van der Waals surface area contributed by atoms with Gasteiger partial charge in [0.2, 0.25) is 0 Å². The smallest absolute Gasteiger partial charge is 0.545 e. The van der Waals surface area contributed by atoms with Gasteiger partial charge in [-0.25, -0.2) is 0 Å². The molecule has 0 unspecified atom stereocenters. The van der Waals surface area contributed by atoms with Crippen LogP contribution in [0.1, 0.15) is 23.7 Å². The number of carbonyl (C=O) groups excluding carboxylic acids is 1. The molecule has 1 aromatic rings. The Balaban J connectivity index is 0. The second kappa shape index (κ2) is 10.3. The molecule has 0 aliphatic heterocycles. The van der Waals surface area contributed by atoms with Crippen LogP contribution >= 0.6 is 0 Å². The van der Waals surface area contributed by atoms with Crippen LogP contribution in [0.15, 0.2) is 30.3 Å². The van der Waals surface area contributed by atoms with E-state index in [0.717, 1.165) is 13.0 Å². The molecule has 0 saturated carbocycles. The summed E-state index contributed by atoms with van der Waals surface area (Å²) in [7, 11) is 0. The Morgan fingerprint density at radius 3 is 2.00 bits per heavy atom. The van der Waals surface area contributed by atoms with Crippen molar-refractivity contribution in [2.24, 2.45) is 5.73 Å². The molecule has 0 bridgehead atoms. The Labute approximate surface area is 94.8 Å². The van der Waals surface area contributed by atoms with Gasteiger partial charge < -0.3 is 15.6 Å². The van der Waals surface area contributed by atoms with E-state index < -0.39 is 5.97 Å².